The number of ether oxygens (including phenoxy) is 1. The number of pyridine rings is 2. The quantitative estimate of drug-likeness (QED) is 0.618. The Labute approximate surface area is 144 Å². The molecule has 0 saturated heterocycles. The molecule has 4 rings (SSSR count). The van der Waals surface area contributed by atoms with E-state index in [2.05, 4.69) is 25.4 Å². The standard InChI is InChI=1S/C18H16N6O/c1-12-11-19-9-8-13(12)21-18-15-6-4-10-24(15)23-17(22-18)14-5-3-7-16(20-14)25-2/h3-11H,1-2H3,(H,19,21,22,23). The second kappa shape index (κ2) is 6.20. The van der Waals surface area contributed by atoms with Gasteiger partial charge in [0.25, 0.3) is 0 Å². The molecule has 124 valence electrons. The molecule has 7 nitrogen and oxygen atoms in total. The number of hydrogen-bond donors (Lipinski definition) is 1. The molecule has 0 aliphatic rings. The summed E-state index contributed by atoms with van der Waals surface area (Å²) in [5.74, 6) is 1.74. The summed E-state index contributed by atoms with van der Waals surface area (Å²) in [5.41, 5.74) is 3.50. The van der Waals surface area contributed by atoms with E-state index in [4.69, 9.17) is 4.74 Å². The van der Waals surface area contributed by atoms with Crippen molar-refractivity contribution in [3.63, 3.8) is 0 Å². The molecule has 4 heterocycles. The van der Waals surface area contributed by atoms with Crippen molar-refractivity contribution < 1.29 is 4.74 Å². The summed E-state index contributed by atoms with van der Waals surface area (Å²) in [6.45, 7) is 2.00. The Morgan fingerprint density at radius 1 is 1.08 bits per heavy atom. The maximum atomic E-state index is 5.19. The van der Waals surface area contributed by atoms with Gasteiger partial charge in [-0.1, -0.05) is 6.07 Å². The summed E-state index contributed by atoms with van der Waals surface area (Å²) in [6, 6.07) is 11.3. The van der Waals surface area contributed by atoms with Crippen LogP contribution in [0, 0.1) is 6.92 Å². The Hall–Kier alpha value is -3.48. The third kappa shape index (κ3) is 2.87. The van der Waals surface area contributed by atoms with Gasteiger partial charge in [0.1, 0.15) is 11.2 Å². The summed E-state index contributed by atoms with van der Waals surface area (Å²) in [6.07, 6.45) is 5.44. The molecule has 0 atom stereocenters. The Kier molecular flexibility index (Phi) is 3.74. The summed E-state index contributed by atoms with van der Waals surface area (Å²) in [7, 11) is 1.58. The highest BCUT2D eigenvalue weighted by atomic mass is 16.5. The third-order valence-corrected chi connectivity index (χ3v) is 3.83. The van der Waals surface area contributed by atoms with Crippen molar-refractivity contribution in [3.8, 4) is 17.4 Å². The molecule has 7 heteroatoms. The number of hydrogen-bond acceptors (Lipinski definition) is 6. The van der Waals surface area contributed by atoms with Crippen molar-refractivity contribution in [2.24, 2.45) is 0 Å². The Bertz CT molecular complexity index is 1040. The third-order valence-electron chi connectivity index (χ3n) is 3.83. The van der Waals surface area contributed by atoms with Crippen molar-refractivity contribution in [2.75, 3.05) is 12.4 Å². The molecule has 0 unspecified atom stereocenters. The maximum absolute atomic E-state index is 5.19. The maximum Gasteiger partial charge on any atom is 0.213 e. The molecule has 0 saturated carbocycles. The predicted molar refractivity (Wildman–Crippen MR) is 95.0 cm³/mol. The van der Waals surface area contributed by atoms with Crippen molar-refractivity contribution >= 4 is 17.0 Å². The van der Waals surface area contributed by atoms with E-state index in [0.717, 1.165) is 16.8 Å². The summed E-state index contributed by atoms with van der Waals surface area (Å²) >= 11 is 0. The normalized spacial score (nSPS) is 10.8. The highest BCUT2D eigenvalue weighted by molar-refractivity contribution is 5.75. The first-order valence-corrected chi connectivity index (χ1v) is 7.79. The lowest BCUT2D eigenvalue weighted by Crippen LogP contribution is -2.05. The van der Waals surface area contributed by atoms with Crippen LogP contribution in [0.2, 0.25) is 0 Å². The summed E-state index contributed by atoms with van der Waals surface area (Å²) in [5, 5.41) is 7.91. The minimum absolute atomic E-state index is 0.511. The van der Waals surface area contributed by atoms with Gasteiger partial charge in [0.2, 0.25) is 11.7 Å². The van der Waals surface area contributed by atoms with Crippen molar-refractivity contribution in [2.45, 2.75) is 6.92 Å². The van der Waals surface area contributed by atoms with Crippen LogP contribution in [-0.2, 0) is 0 Å². The number of rotatable bonds is 4. The van der Waals surface area contributed by atoms with E-state index in [1.54, 1.807) is 23.9 Å². The van der Waals surface area contributed by atoms with Gasteiger partial charge in [0, 0.05) is 30.3 Å². The molecular weight excluding hydrogens is 316 g/mol. The molecule has 1 N–H and O–H groups in total. The van der Waals surface area contributed by atoms with E-state index in [0.29, 0.717) is 23.2 Å². The fourth-order valence-corrected chi connectivity index (χ4v) is 2.53. The van der Waals surface area contributed by atoms with Crippen LogP contribution >= 0.6 is 0 Å². The van der Waals surface area contributed by atoms with E-state index >= 15 is 0 Å². The summed E-state index contributed by atoms with van der Waals surface area (Å²) in [4.78, 5) is 13.2. The van der Waals surface area contributed by atoms with Crippen LogP contribution in [0.5, 0.6) is 5.88 Å². The number of aryl methyl sites for hydroxylation is 1. The Balaban J connectivity index is 1.83. The van der Waals surface area contributed by atoms with Crippen molar-refractivity contribution in [1.29, 1.82) is 0 Å². The van der Waals surface area contributed by atoms with Gasteiger partial charge in [0.15, 0.2) is 5.82 Å². The molecular formula is C18H16N6O. The monoisotopic (exact) mass is 332 g/mol. The van der Waals surface area contributed by atoms with Crippen LogP contribution in [0.3, 0.4) is 0 Å². The molecule has 4 aromatic heterocycles. The number of anilines is 2. The van der Waals surface area contributed by atoms with E-state index in [1.165, 1.54) is 0 Å². The predicted octanol–water partition coefficient (Wildman–Crippen LogP) is 3.25. The van der Waals surface area contributed by atoms with Gasteiger partial charge < -0.3 is 10.1 Å². The minimum Gasteiger partial charge on any atom is -0.481 e. The number of methoxy groups -OCH3 is 1. The largest absolute Gasteiger partial charge is 0.481 e. The minimum atomic E-state index is 0.511. The van der Waals surface area contributed by atoms with Crippen LogP contribution in [0.4, 0.5) is 11.5 Å². The molecule has 4 aromatic rings. The van der Waals surface area contributed by atoms with Gasteiger partial charge in [-0.3, -0.25) is 4.98 Å². The van der Waals surface area contributed by atoms with E-state index in [-0.39, 0.29) is 0 Å². The lowest BCUT2D eigenvalue weighted by Gasteiger charge is -2.11. The number of fused-ring (bicyclic) bond motifs is 1. The topological polar surface area (TPSA) is 77.2 Å². The fraction of sp³-hybridized carbons (Fsp3) is 0.111. The zero-order valence-electron chi connectivity index (χ0n) is 13.8. The first kappa shape index (κ1) is 15.1. The van der Waals surface area contributed by atoms with Gasteiger partial charge in [0.05, 0.1) is 7.11 Å². The van der Waals surface area contributed by atoms with Gasteiger partial charge in [-0.15, -0.1) is 5.10 Å². The fourth-order valence-electron chi connectivity index (χ4n) is 2.53. The highest BCUT2D eigenvalue weighted by Gasteiger charge is 2.12. The Morgan fingerprint density at radius 3 is 2.84 bits per heavy atom. The molecule has 0 amide bonds. The molecule has 0 aliphatic heterocycles. The first-order valence-electron chi connectivity index (χ1n) is 7.79. The zero-order chi connectivity index (χ0) is 17.2. The smallest absolute Gasteiger partial charge is 0.213 e. The average molecular weight is 332 g/mol. The number of nitrogens with one attached hydrogen (secondary N) is 1. The molecule has 0 spiro atoms. The second-order valence-corrected chi connectivity index (χ2v) is 5.50. The van der Waals surface area contributed by atoms with Crippen molar-refractivity contribution in [3.05, 3.63) is 60.6 Å². The molecule has 0 bridgehead atoms. The van der Waals surface area contributed by atoms with Crippen LogP contribution in [0.25, 0.3) is 17.0 Å². The van der Waals surface area contributed by atoms with Gasteiger partial charge in [-0.25, -0.2) is 14.5 Å². The molecule has 0 aliphatic carbocycles. The van der Waals surface area contributed by atoms with Gasteiger partial charge >= 0.3 is 0 Å². The van der Waals surface area contributed by atoms with E-state index in [9.17, 15) is 0 Å². The molecule has 0 radical (unpaired) electrons. The van der Waals surface area contributed by atoms with E-state index in [1.807, 2.05) is 49.6 Å². The first-order chi connectivity index (χ1) is 12.2. The van der Waals surface area contributed by atoms with Crippen molar-refractivity contribution in [1.82, 2.24) is 24.6 Å². The van der Waals surface area contributed by atoms with Crippen LogP contribution in [0.15, 0.2) is 55.0 Å². The number of aromatic nitrogens is 5. The lowest BCUT2D eigenvalue weighted by molar-refractivity contribution is 0.398. The zero-order valence-corrected chi connectivity index (χ0v) is 13.8. The molecule has 25 heavy (non-hydrogen) atoms. The SMILES string of the molecule is COc1cccc(-c2nc(Nc3ccncc3C)c3cccn3n2)n1. The van der Waals surface area contributed by atoms with Crippen LogP contribution in [-0.4, -0.2) is 31.7 Å². The average Bonchev–Trinajstić information content (AvgIpc) is 3.12. The summed E-state index contributed by atoms with van der Waals surface area (Å²) < 4.78 is 6.97. The lowest BCUT2D eigenvalue weighted by atomic mass is 10.2. The Morgan fingerprint density at radius 2 is 2.00 bits per heavy atom. The molecule has 0 fully saturated rings. The molecule has 0 aromatic carbocycles. The van der Waals surface area contributed by atoms with Crippen LogP contribution in [0.1, 0.15) is 5.56 Å². The van der Waals surface area contributed by atoms with Gasteiger partial charge in [-0.2, -0.15) is 0 Å². The second-order valence-electron chi connectivity index (χ2n) is 5.50. The van der Waals surface area contributed by atoms with Gasteiger partial charge in [-0.05, 0) is 36.8 Å². The van der Waals surface area contributed by atoms with E-state index < -0.39 is 0 Å². The van der Waals surface area contributed by atoms with Crippen LogP contribution < -0.4 is 10.1 Å². The highest BCUT2D eigenvalue weighted by Crippen LogP contribution is 2.25. The number of nitrogens with zero attached hydrogens (tertiary/aromatic N) is 5.